The molecule has 26 heavy (non-hydrogen) atoms. The Kier molecular flexibility index (Phi) is 10.3. The molecule has 0 aliphatic rings. The molecular weight excluding hydrogens is 507 g/mol. The van der Waals surface area contributed by atoms with Gasteiger partial charge in [0, 0.05) is 30.2 Å². The monoisotopic (exact) mass is 530 g/mol. The minimum absolute atomic E-state index is 0. The summed E-state index contributed by atoms with van der Waals surface area (Å²) in [6.07, 6.45) is 0.358. The first-order chi connectivity index (χ1) is 12.1. The number of guanidine groups is 1. The second-order valence-corrected chi connectivity index (χ2v) is 6.50. The van der Waals surface area contributed by atoms with Crippen molar-refractivity contribution in [3.05, 3.63) is 64.6 Å². The van der Waals surface area contributed by atoms with Crippen LogP contribution in [0.3, 0.4) is 0 Å². The molecule has 0 bridgehead atoms. The maximum absolute atomic E-state index is 12.0. The van der Waals surface area contributed by atoms with Gasteiger partial charge in [-0.15, -0.1) is 24.0 Å². The van der Waals surface area contributed by atoms with Crippen LogP contribution in [0.2, 0.25) is 0 Å². The summed E-state index contributed by atoms with van der Waals surface area (Å²) < 4.78 is 0.981. The van der Waals surface area contributed by atoms with Crippen LogP contribution in [-0.2, 0) is 4.79 Å². The van der Waals surface area contributed by atoms with E-state index < -0.39 is 0 Å². The fourth-order valence-electron chi connectivity index (χ4n) is 2.28. The third-order valence-electron chi connectivity index (χ3n) is 3.65. The molecule has 2 rings (SSSR count). The number of aliphatic imine (C=N–C) groups is 1. The van der Waals surface area contributed by atoms with Gasteiger partial charge < -0.3 is 16.0 Å². The van der Waals surface area contributed by atoms with Crippen molar-refractivity contribution in [2.24, 2.45) is 4.99 Å². The molecule has 0 saturated heterocycles. The van der Waals surface area contributed by atoms with Crippen LogP contribution >= 0.6 is 39.9 Å². The largest absolute Gasteiger partial charge is 0.356 e. The number of nitrogens with zero attached hydrogens (tertiary/aromatic N) is 1. The van der Waals surface area contributed by atoms with E-state index in [1.807, 2.05) is 42.5 Å². The second kappa shape index (κ2) is 11.9. The molecule has 7 heteroatoms. The number of benzene rings is 2. The van der Waals surface area contributed by atoms with E-state index in [9.17, 15) is 4.79 Å². The zero-order valence-corrected chi connectivity index (χ0v) is 18.7. The average molecular weight is 531 g/mol. The molecule has 140 valence electrons. The molecule has 3 N–H and O–H groups in total. The van der Waals surface area contributed by atoms with E-state index in [1.165, 1.54) is 5.56 Å². The van der Waals surface area contributed by atoms with E-state index in [2.05, 4.69) is 55.9 Å². The van der Waals surface area contributed by atoms with Crippen molar-refractivity contribution in [2.75, 3.05) is 18.9 Å². The van der Waals surface area contributed by atoms with Crippen molar-refractivity contribution < 1.29 is 4.79 Å². The molecule has 0 aromatic heterocycles. The van der Waals surface area contributed by atoms with Crippen LogP contribution < -0.4 is 16.0 Å². The number of hydrogen-bond donors (Lipinski definition) is 3. The van der Waals surface area contributed by atoms with Gasteiger partial charge in [-0.3, -0.25) is 9.79 Å². The highest BCUT2D eigenvalue weighted by Gasteiger charge is 2.08. The van der Waals surface area contributed by atoms with E-state index in [4.69, 9.17) is 0 Å². The van der Waals surface area contributed by atoms with Crippen molar-refractivity contribution in [3.8, 4) is 0 Å². The second-order valence-electron chi connectivity index (χ2n) is 5.58. The van der Waals surface area contributed by atoms with Gasteiger partial charge in [0.15, 0.2) is 5.96 Å². The Labute approximate surface area is 180 Å². The number of nitrogens with one attached hydrogen (secondary N) is 3. The van der Waals surface area contributed by atoms with Gasteiger partial charge in [0.25, 0.3) is 0 Å². The van der Waals surface area contributed by atoms with Crippen molar-refractivity contribution in [1.29, 1.82) is 0 Å². The average Bonchev–Trinajstić information content (AvgIpc) is 2.63. The molecular formula is C19H24BrIN4O. The van der Waals surface area contributed by atoms with Gasteiger partial charge in [-0.05, 0) is 36.8 Å². The first-order valence-corrected chi connectivity index (χ1v) is 8.95. The van der Waals surface area contributed by atoms with Gasteiger partial charge in [0.1, 0.15) is 0 Å². The third kappa shape index (κ3) is 7.74. The maximum atomic E-state index is 12.0. The Balaban J connectivity index is 0.00000338. The summed E-state index contributed by atoms with van der Waals surface area (Å²) in [6.45, 7) is 2.58. The topological polar surface area (TPSA) is 65.5 Å². The molecule has 1 atom stereocenters. The molecule has 1 amide bonds. The first kappa shape index (κ1) is 22.4. The lowest BCUT2D eigenvalue weighted by Gasteiger charge is -2.18. The van der Waals surface area contributed by atoms with Crippen LogP contribution in [-0.4, -0.2) is 25.5 Å². The van der Waals surface area contributed by atoms with Crippen LogP contribution in [0, 0.1) is 0 Å². The molecule has 0 aliphatic carbocycles. The summed E-state index contributed by atoms with van der Waals surface area (Å²) in [4.78, 5) is 16.2. The lowest BCUT2D eigenvalue weighted by Crippen LogP contribution is -2.39. The molecule has 0 heterocycles. The number of anilines is 1. The molecule has 1 unspecified atom stereocenters. The Morgan fingerprint density at radius 2 is 1.77 bits per heavy atom. The zero-order valence-electron chi connectivity index (χ0n) is 14.8. The highest BCUT2D eigenvalue weighted by molar-refractivity contribution is 14.0. The maximum Gasteiger partial charge on any atom is 0.226 e. The van der Waals surface area contributed by atoms with Gasteiger partial charge in [0.05, 0.1) is 6.04 Å². The fraction of sp³-hybridized carbons (Fsp3) is 0.263. The van der Waals surface area contributed by atoms with Crippen LogP contribution in [0.4, 0.5) is 5.69 Å². The van der Waals surface area contributed by atoms with Crippen molar-refractivity contribution in [3.63, 3.8) is 0 Å². The lowest BCUT2D eigenvalue weighted by molar-refractivity contribution is -0.116. The van der Waals surface area contributed by atoms with Crippen LogP contribution in [0.15, 0.2) is 64.1 Å². The van der Waals surface area contributed by atoms with Gasteiger partial charge in [-0.1, -0.05) is 46.3 Å². The molecule has 2 aromatic rings. The van der Waals surface area contributed by atoms with Crippen molar-refractivity contribution >= 4 is 57.5 Å². The predicted octanol–water partition coefficient (Wildman–Crippen LogP) is 4.32. The number of rotatable bonds is 6. The van der Waals surface area contributed by atoms with Gasteiger partial charge in [-0.2, -0.15) is 0 Å². The quantitative estimate of drug-likeness (QED) is 0.296. The Hall–Kier alpha value is -1.61. The normalized spacial score (nSPS) is 11.9. The highest BCUT2D eigenvalue weighted by Crippen LogP contribution is 2.14. The Morgan fingerprint density at radius 1 is 1.12 bits per heavy atom. The summed E-state index contributed by atoms with van der Waals surface area (Å²) >= 11 is 3.37. The van der Waals surface area contributed by atoms with Crippen molar-refractivity contribution in [1.82, 2.24) is 10.6 Å². The van der Waals surface area contributed by atoms with E-state index in [0.29, 0.717) is 18.9 Å². The molecule has 2 aromatic carbocycles. The number of carbonyl (C=O) groups excluding carboxylic acids is 1. The van der Waals surface area contributed by atoms with Crippen LogP contribution in [0.1, 0.15) is 24.9 Å². The molecule has 0 fully saturated rings. The number of amides is 1. The van der Waals surface area contributed by atoms with Crippen molar-refractivity contribution in [2.45, 2.75) is 19.4 Å². The number of carbonyl (C=O) groups is 1. The molecule has 0 radical (unpaired) electrons. The fourth-order valence-corrected chi connectivity index (χ4v) is 2.54. The van der Waals surface area contributed by atoms with E-state index in [1.54, 1.807) is 7.05 Å². The molecule has 0 saturated carbocycles. The summed E-state index contributed by atoms with van der Waals surface area (Å²) in [5.74, 6) is 0.633. The van der Waals surface area contributed by atoms with Gasteiger partial charge in [0.2, 0.25) is 5.91 Å². The number of halogens is 2. The molecule has 5 nitrogen and oxygen atoms in total. The van der Waals surface area contributed by atoms with Gasteiger partial charge in [-0.25, -0.2) is 0 Å². The molecule has 0 aliphatic heterocycles. The van der Waals surface area contributed by atoms with Gasteiger partial charge >= 0.3 is 0 Å². The summed E-state index contributed by atoms with van der Waals surface area (Å²) in [6, 6.07) is 17.8. The smallest absolute Gasteiger partial charge is 0.226 e. The van der Waals surface area contributed by atoms with Crippen LogP contribution in [0.5, 0.6) is 0 Å². The summed E-state index contributed by atoms with van der Waals surface area (Å²) in [5.41, 5.74) is 1.96. The predicted molar refractivity (Wildman–Crippen MR) is 122 cm³/mol. The minimum atomic E-state index is -0.0404. The van der Waals surface area contributed by atoms with E-state index >= 15 is 0 Å². The Bertz CT molecular complexity index is 707. The lowest BCUT2D eigenvalue weighted by atomic mass is 10.1. The SMILES string of the molecule is CN=C(NCCC(=O)Nc1ccc(Br)cc1)NC(C)c1ccccc1.I. The highest BCUT2D eigenvalue weighted by atomic mass is 127. The Morgan fingerprint density at radius 3 is 2.38 bits per heavy atom. The molecule has 0 spiro atoms. The summed E-state index contributed by atoms with van der Waals surface area (Å²) in [7, 11) is 1.72. The first-order valence-electron chi connectivity index (χ1n) is 8.16. The number of hydrogen-bond acceptors (Lipinski definition) is 2. The summed E-state index contributed by atoms with van der Waals surface area (Å²) in [5, 5.41) is 9.35. The van der Waals surface area contributed by atoms with E-state index in [-0.39, 0.29) is 35.9 Å². The standard InChI is InChI=1S/C19H23BrN4O.HI/c1-14(15-6-4-3-5-7-15)23-19(21-2)22-13-12-18(25)24-17-10-8-16(20)9-11-17;/h3-11,14H,12-13H2,1-2H3,(H,24,25)(H2,21,22,23);1H. The van der Waals surface area contributed by atoms with Crippen LogP contribution in [0.25, 0.3) is 0 Å². The van der Waals surface area contributed by atoms with E-state index in [0.717, 1.165) is 10.2 Å². The zero-order chi connectivity index (χ0) is 18.1. The minimum Gasteiger partial charge on any atom is -0.356 e. The third-order valence-corrected chi connectivity index (χ3v) is 4.18.